The summed E-state index contributed by atoms with van der Waals surface area (Å²) in [6, 6.07) is 10.5. The van der Waals surface area contributed by atoms with Crippen LogP contribution in [-0.4, -0.2) is 5.71 Å². The first kappa shape index (κ1) is 22.1. The average Bonchev–Trinajstić information content (AvgIpc) is 3.17. The van der Waals surface area contributed by atoms with Gasteiger partial charge in [0.05, 0.1) is 0 Å². The van der Waals surface area contributed by atoms with Gasteiger partial charge in [0, 0.05) is 11.6 Å². The molecule has 2 nitrogen and oxygen atoms in total. The minimum atomic E-state index is 0.212. The molecule has 2 heteroatoms. The molecule has 4 rings (SSSR count). The first-order chi connectivity index (χ1) is 15.1. The van der Waals surface area contributed by atoms with Crippen LogP contribution in [0.3, 0.4) is 0 Å². The Morgan fingerprint density at radius 3 is 2.61 bits per heavy atom. The molecule has 31 heavy (non-hydrogen) atoms. The minimum absolute atomic E-state index is 0.212. The van der Waals surface area contributed by atoms with Gasteiger partial charge in [-0.3, -0.25) is 0 Å². The Hall–Kier alpha value is -2.09. The lowest BCUT2D eigenvalue weighted by Crippen LogP contribution is -2.27. The zero-order chi connectivity index (χ0) is 21.7. The van der Waals surface area contributed by atoms with Crippen molar-refractivity contribution in [3.8, 4) is 0 Å². The van der Waals surface area contributed by atoms with Gasteiger partial charge < -0.3 is 4.74 Å². The molecule has 0 aromatic heterocycles. The van der Waals surface area contributed by atoms with E-state index in [-0.39, 0.29) is 5.41 Å². The molecule has 1 aliphatic heterocycles. The number of hydrogen-bond donors (Lipinski definition) is 0. The van der Waals surface area contributed by atoms with E-state index < -0.39 is 0 Å². The molecule has 0 saturated heterocycles. The summed E-state index contributed by atoms with van der Waals surface area (Å²) >= 11 is 0. The molecule has 2 aliphatic carbocycles. The van der Waals surface area contributed by atoms with Crippen LogP contribution in [0.1, 0.15) is 90.5 Å². The van der Waals surface area contributed by atoms with Crippen LogP contribution in [0.4, 0.5) is 0 Å². The summed E-state index contributed by atoms with van der Waals surface area (Å²) in [4.78, 5) is 5.19. The highest BCUT2D eigenvalue weighted by Gasteiger charge is 2.41. The third kappa shape index (κ3) is 5.05. The van der Waals surface area contributed by atoms with E-state index in [0.29, 0.717) is 12.5 Å². The predicted molar refractivity (Wildman–Crippen MR) is 131 cm³/mol. The molecule has 1 aromatic rings. The van der Waals surface area contributed by atoms with Crippen molar-refractivity contribution in [1.29, 1.82) is 0 Å². The fourth-order valence-corrected chi connectivity index (χ4v) is 5.45. The van der Waals surface area contributed by atoms with Crippen LogP contribution in [0.25, 0.3) is 0 Å². The number of fused-ring (bicyclic) bond motifs is 2. The van der Waals surface area contributed by atoms with Crippen molar-refractivity contribution < 1.29 is 4.74 Å². The van der Waals surface area contributed by atoms with Gasteiger partial charge >= 0.3 is 0 Å². The second kappa shape index (κ2) is 10.0. The monoisotopic (exact) mass is 417 g/mol. The molecule has 0 amide bonds. The molecule has 0 N–H and O–H groups in total. The number of unbranched alkanes of at least 4 members (excludes halogenated alkanes) is 5. The highest BCUT2D eigenvalue weighted by molar-refractivity contribution is 6.07. The smallest absolute Gasteiger partial charge is 0.145 e. The van der Waals surface area contributed by atoms with Crippen molar-refractivity contribution in [3.05, 3.63) is 70.6 Å². The van der Waals surface area contributed by atoms with Crippen molar-refractivity contribution in [1.82, 2.24) is 0 Å². The molecule has 1 fully saturated rings. The normalized spacial score (nSPS) is 21.8. The summed E-state index contributed by atoms with van der Waals surface area (Å²) in [5, 5.41) is 0. The number of allylic oxidation sites excluding steroid dienone is 4. The lowest BCUT2D eigenvalue weighted by atomic mass is 9.68. The van der Waals surface area contributed by atoms with Gasteiger partial charge in [-0.05, 0) is 53.9 Å². The molecule has 3 aliphatic rings. The summed E-state index contributed by atoms with van der Waals surface area (Å²) in [5.74, 6) is 1.45. The Labute approximate surface area is 189 Å². The molecule has 1 aromatic carbocycles. The van der Waals surface area contributed by atoms with Gasteiger partial charge in [-0.15, -0.1) is 0 Å². The van der Waals surface area contributed by atoms with Crippen molar-refractivity contribution >= 4 is 5.71 Å². The van der Waals surface area contributed by atoms with E-state index in [1.807, 2.05) is 0 Å². The third-order valence-corrected chi connectivity index (χ3v) is 7.14. The van der Waals surface area contributed by atoms with Gasteiger partial charge in [0.2, 0.25) is 0 Å². The van der Waals surface area contributed by atoms with Crippen LogP contribution >= 0.6 is 0 Å². The standard InChI is InChI=1S/C29H39NO/c1-4-5-6-7-8-12-16-23-18-19-25(31-21-22-14-10-9-11-15-22)28-26(23)27-24(30-28)17-13-20-29(27,2)3/h9-11,14-15,18-19,23H,4-8,12-13,16-17,20-21H2,1-3H3. The lowest BCUT2D eigenvalue weighted by molar-refractivity contribution is 0.206. The van der Waals surface area contributed by atoms with Crippen LogP contribution in [0.15, 0.2) is 70.1 Å². The zero-order valence-corrected chi connectivity index (χ0v) is 19.8. The van der Waals surface area contributed by atoms with E-state index in [0.717, 1.165) is 17.9 Å². The van der Waals surface area contributed by atoms with Crippen LogP contribution in [0.2, 0.25) is 0 Å². The van der Waals surface area contributed by atoms with Gasteiger partial charge in [-0.25, -0.2) is 4.99 Å². The molecule has 1 saturated carbocycles. The number of rotatable bonds is 10. The van der Waals surface area contributed by atoms with E-state index in [4.69, 9.17) is 9.73 Å². The van der Waals surface area contributed by atoms with E-state index in [2.05, 4.69) is 63.3 Å². The fraction of sp³-hybridized carbons (Fsp3) is 0.552. The fourth-order valence-electron chi connectivity index (χ4n) is 5.45. The Morgan fingerprint density at radius 2 is 1.81 bits per heavy atom. The maximum Gasteiger partial charge on any atom is 0.145 e. The number of ether oxygens (including phenoxy) is 1. The largest absolute Gasteiger partial charge is 0.487 e. The number of benzene rings is 1. The highest BCUT2D eigenvalue weighted by Crippen LogP contribution is 2.50. The number of nitrogens with zero attached hydrogens (tertiary/aromatic N) is 1. The number of hydrogen-bond acceptors (Lipinski definition) is 2. The summed E-state index contributed by atoms with van der Waals surface area (Å²) in [7, 11) is 0. The molecule has 166 valence electrons. The SMILES string of the molecule is CCCCCCCCC1C=CC(OCc2ccccc2)=C2N=C3CCCC(C)(C)C3=C21. The maximum absolute atomic E-state index is 6.33. The van der Waals surface area contributed by atoms with Crippen molar-refractivity contribution in [2.75, 3.05) is 0 Å². The van der Waals surface area contributed by atoms with E-state index >= 15 is 0 Å². The van der Waals surface area contributed by atoms with Crippen LogP contribution in [0, 0.1) is 11.3 Å². The van der Waals surface area contributed by atoms with Crippen molar-refractivity contribution in [2.24, 2.45) is 16.3 Å². The van der Waals surface area contributed by atoms with Crippen LogP contribution in [-0.2, 0) is 11.3 Å². The molecule has 0 spiro atoms. The Morgan fingerprint density at radius 1 is 1.03 bits per heavy atom. The molecular formula is C29H39NO. The second-order valence-electron chi connectivity index (χ2n) is 10.1. The van der Waals surface area contributed by atoms with Gasteiger partial charge in [0.25, 0.3) is 0 Å². The Kier molecular flexibility index (Phi) is 7.15. The predicted octanol–water partition coefficient (Wildman–Crippen LogP) is 8.31. The van der Waals surface area contributed by atoms with Crippen molar-refractivity contribution in [3.63, 3.8) is 0 Å². The Bertz CT molecular complexity index is 885. The van der Waals surface area contributed by atoms with Crippen LogP contribution < -0.4 is 0 Å². The topological polar surface area (TPSA) is 21.6 Å². The number of aliphatic imine (C=N–C) groups is 1. The van der Waals surface area contributed by atoms with Gasteiger partial charge in [0.1, 0.15) is 18.1 Å². The summed E-state index contributed by atoms with van der Waals surface area (Å²) in [5.41, 5.74) is 6.90. The molecule has 1 heterocycles. The summed E-state index contributed by atoms with van der Waals surface area (Å²) < 4.78 is 6.33. The van der Waals surface area contributed by atoms with Crippen LogP contribution in [0.5, 0.6) is 0 Å². The highest BCUT2D eigenvalue weighted by atomic mass is 16.5. The average molecular weight is 418 g/mol. The summed E-state index contributed by atoms with van der Waals surface area (Å²) in [6.45, 7) is 7.72. The minimum Gasteiger partial charge on any atom is -0.487 e. The zero-order valence-electron chi connectivity index (χ0n) is 19.8. The maximum atomic E-state index is 6.33. The lowest BCUT2D eigenvalue weighted by Gasteiger charge is -2.35. The first-order valence-corrected chi connectivity index (χ1v) is 12.5. The van der Waals surface area contributed by atoms with E-state index in [9.17, 15) is 0 Å². The van der Waals surface area contributed by atoms with Gasteiger partial charge in [-0.2, -0.15) is 0 Å². The molecular weight excluding hydrogens is 378 g/mol. The first-order valence-electron chi connectivity index (χ1n) is 12.5. The molecule has 0 radical (unpaired) electrons. The van der Waals surface area contributed by atoms with Crippen molar-refractivity contribution in [2.45, 2.75) is 91.6 Å². The molecule has 1 unspecified atom stereocenters. The quantitative estimate of drug-likeness (QED) is 0.351. The van der Waals surface area contributed by atoms with E-state index in [1.54, 1.807) is 0 Å². The van der Waals surface area contributed by atoms with Gasteiger partial charge in [0.15, 0.2) is 0 Å². The molecule has 1 atom stereocenters. The molecule has 0 bridgehead atoms. The van der Waals surface area contributed by atoms with Gasteiger partial charge in [-0.1, -0.05) is 95.7 Å². The summed E-state index contributed by atoms with van der Waals surface area (Å²) in [6.07, 6.45) is 17.6. The second-order valence-corrected chi connectivity index (χ2v) is 10.1. The third-order valence-electron chi connectivity index (χ3n) is 7.14. The van der Waals surface area contributed by atoms with E-state index in [1.165, 1.54) is 80.2 Å². The Balaban J connectivity index is 1.54.